The molecule has 3 rings (SSSR count). The molecule has 2 amide bonds. The quantitative estimate of drug-likeness (QED) is 0.273. The molecule has 0 bridgehead atoms. The van der Waals surface area contributed by atoms with E-state index in [0.717, 1.165) is 24.3 Å². The van der Waals surface area contributed by atoms with Gasteiger partial charge in [0.05, 0.1) is 23.1 Å². The SMILES string of the molecule is CCN(CC)c1ccc(/C=C(/NC(=O)c2ccccc2Cl)C(=O)NN=Cc2ccco2)cc1. The average molecular weight is 465 g/mol. The molecule has 0 atom stereocenters. The molecule has 8 heteroatoms. The number of hydrogen-bond donors (Lipinski definition) is 2. The summed E-state index contributed by atoms with van der Waals surface area (Å²) in [5, 5.41) is 6.82. The Morgan fingerprint density at radius 2 is 1.76 bits per heavy atom. The van der Waals surface area contributed by atoms with E-state index in [1.54, 1.807) is 42.5 Å². The van der Waals surface area contributed by atoms with Crippen molar-refractivity contribution in [1.29, 1.82) is 0 Å². The van der Waals surface area contributed by atoms with Crippen LogP contribution in [0.1, 0.15) is 35.5 Å². The van der Waals surface area contributed by atoms with Crippen LogP contribution in [0.2, 0.25) is 5.02 Å². The number of halogens is 1. The fourth-order valence-corrected chi connectivity index (χ4v) is 3.33. The summed E-state index contributed by atoms with van der Waals surface area (Å²) in [6.45, 7) is 5.96. The smallest absolute Gasteiger partial charge is 0.287 e. The molecule has 3 aromatic rings. The molecule has 0 spiro atoms. The lowest BCUT2D eigenvalue weighted by Crippen LogP contribution is -2.33. The minimum absolute atomic E-state index is 0.0205. The molecule has 1 aromatic heterocycles. The summed E-state index contributed by atoms with van der Waals surface area (Å²) in [7, 11) is 0. The van der Waals surface area contributed by atoms with Gasteiger partial charge in [0.1, 0.15) is 11.5 Å². The molecular formula is C25H25ClN4O3. The zero-order chi connectivity index (χ0) is 23.6. The van der Waals surface area contributed by atoms with Crippen molar-refractivity contribution in [2.75, 3.05) is 18.0 Å². The van der Waals surface area contributed by atoms with Gasteiger partial charge in [-0.25, -0.2) is 5.43 Å². The summed E-state index contributed by atoms with van der Waals surface area (Å²) in [4.78, 5) is 27.8. The number of rotatable bonds is 9. The molecule has 170 valence electrons. The maximum absolute atomic E-state index is 12.8. The van der Waals surface area contributed by atoms with Crippen LogP contribution in [0, 0.1) is 0 Å². The Labute approximate surface area is 197 Å². The molecule has 0 aliphatic carbocycles. The van der Waals surface area contributed by atoms with Gasteiger partial charge >= 0.3 is 0 Å². The Bertz CT molecular complexity index is 1130. The third-order valence-electron chi connectivity index (χ3n) is 4.85. The maximum atomic E-state index is 12.8. The molecule has 0 unspecified atom stereocenters. The molecule has 0 radical (unpaired) electrons. The highest BCUT2D eigenvalue weighted by atomic mass is 35.5. The third-order valence-corrected chi connectivity index (χ3v) is 5.17. The van der Waals surface area contributed by atoms with Crippen molar-refractivity contribution in [3.63, 3.8) is 0 Å². The van der Waals surface area contributed by atoms with Crippen molar-refractivity contribution >= 4 is 41.4 Å². The predicted molar refractivity (Wildman–Crippen MR) is 131 cm³/mol. The highest BCUT2D eigenvalue weighted by Crippen LogP contribution is 2.18. The van der Waals surface area contributed by atoms with Crippen LogP contribution in [-0.2, 0) is 4.79 Å². The first-order valence-electron chi connectivity index (χ1n) is 10.5. The van der Waals surface area contributed by atoms with Crippen molar-refractivity contribution in [3.05, 3.63) is 94.5 Å². The van der Waals surface area contributed by atoms with Crippen LogP contribution in [0.15, 0.2) is 82.1 Å². The molecule has 0 saturated heterocycles. The Morgan fingerprint density at radius 3 is 2.39 bits per heavy atom. The van der Waals surface area contributed by atoms with Crippen molar-refractivity contribution in [1.82, 2.24) is 10.7 Å². The van der Waals surface area contributed by atoms with E-state index in [2.05, 4.69) is 34.6 Å². The minimum Gasteiger partial charge on any atom is -0.463 e. The largest absolute Gasteiger partial charge is 0.463 e. The van der Waals surface area contributed by atoms with Crippen molar-refractivity contribution in [3.8, 4) is 0 Å². The van der Waals surface area contributed by atoms with Gasteiger partial charge < -0.3 is 14.6 Å². The Kier molecular flexibility index (Phi) is 8.43. The van der Waals surface area contributed by atoms with Crippen molar-refractivity contribution < 1.29 is 14.0 Å². The number of amides is 2. The number of hydrazone groups is 1. The minimum atomic E-state index is -0.592. The molecule has 0 fully saturated rings. The number of nitrogens with one attached hydrogen (secondary N) is 2. The van der Waals surface area contributed by atoms with Crippen molar-refractivity contribution in [2.24, 2.45) is 5.10 Å². The lowest BCUT2D eigenvalue weighted by atomic mass is 10.1. The first kappa shape index (κ1) is 23.8. The number of hydrogen-bond acceptors (Lipinski definition) is 5. The Morgan fingerprint density at radius 1 is 1.03 bits per heavy atom. The predicted octanol–water partition coefficient (Wildman–Crippen LogP) is 4.70. The summed E-state index contributed by atoms with van der Waals surface area (Å²) < 4.78 is 5.15. The van der Waals surface area contributed by atoms with Gasteiger partial charge in [-0.15, -0.1) is 0 Å². The number of anilines is 1. The average Bonchev–Trinajstić information content (AvgIpc) is 3.34. The lowest BCUT2D eigenvalue weighted by Gasteiger charge is -2.21. The van der Waals surface area contributed by atoms with Gasteiger partial charge in [-0.1, -0.05) is 35.9 Å². The molecule has 1 heterocycles. The van der Waals surface area contributed by atoms with Gasteiger partial charge in [0.15, 0.2) is 0 Å². The standard InChI is InChI=1S/C25H25ClN4O3/c1-3-30(4-2)19-13-11-18(12-14-19)16-23(25(32)29-27-17-20-8-7-15-33-20)28-24(31)21-9-5-6-10-22(21)26/h5-17H,3-4H2,1-2H3,(H,28,31)(H,29,32)/b23-16+,27-17?. The van der Waals surface area contributed by atoms with E-state index in [0.29, 0.717) is 5.76 Å². The summed E-state index contributed by atoms with van der Waals surface area (Å²) in [5.74, 6) is -0.615. The first-order chi connectivity index (χ1) is 16.0. The summed E-state index contributed by atoms with van der Waals surface area (Å²) in [5.41, 5.74) is 4.50. The van der Waals surface area contributed by atoms with Gasteiger partial charge in [0, 0.05) is 18.8 Å². The van der Waals surface area contributed by atoms with Gasteiger partial charge in [0.2, 0.25) is 0 Å². The lowest BCUT2D eigenvalue weighted by molar-refractivity contribution is -0.117. The van der Waals surface area contributed by atoms with Gasteiger partial charge in [-0.3, -0.25) is 9.59 Å². The zero-order valence-corrected chi connectivity index (χ0v) is 19.2. The number of benzene rings is 2. The van der Waals surface area contributed by atoms with E-state index in [1.165, 1.54) is 12.5 Å². The van der Waals surface area contributed by atoms with Crippen LogP contribution >= 0.6 is 11.6 Å². The van der Waals surface area contributed by atoms with E-state index in [-0.39, 0.29) is 16.3 Å². The zero-order valence-electron chi connectivity index (χ0n) is 18.4. The molecule has 2 aromatic carbocycles. The Hall–Kier alpha value is -3.84. The van der Waals surface area contributed by atoms with E-state index in [4.69, 9.17) is 16.0 Å². The molecule has 7 nitrogen and oxygen atoms in total. The second kappa shape index (κ2) is 11.7. The van der Waals surface area contributed by atoms with Crippen LogP contribution in [0.3, 0.4) is 0 Å². The van der Waals surface area contributed by atoms with Crippen LogP contribution < -0.4 is 15.6 Å². The normalized spacial score (nSPS) is 11.4. The Balaban J connectivity index is 1.84. The van der Waals surface area contributed by atoms with E-state index < -0.39 is 11.8 Å². The molecule has 33 heavy (non-hydrogen) atoms. The summed E-state index contributed by atoms with van der Waals surface area (Å²) >= 11 is 6.14. The molecule has 0 aliphatic rings. The van der Waals surface area contributed by atoms with E-state index in [1.807, 2.05) is 24.3 Å². The van der Waals surface area contributed by atoms with Gasteiger partial charge in [0.25, 0.3) is 11.8 Å². The monoisotopic (exact) mass is 464 g/mol. The van der Waals surface area contributed by atoms with E-state index in [9.17, 15) is 9.59 Å². The highest BCUT2D eigenvalue weighted by Gasteiger charge is 2.16. The van der Waals surface area contributed by atoms with Gasteiger partial charge in [-0.2, -0.15) is 5.10 Å². The van der Waals surface area contributed by atoms with Crippen LogP contribution in [0.5, 0.6) is 0 Å². The van der Waals surface area contributed by atoms with Crippen molar-refractivity contribution in [2.45, 2.75) is 13.8 Å². The topological polar surface area (TPSA) is 86.9 Å². The summed E-state index contributed by atoms with van der Waals surface area (Å²) in [6.07, 6.45) is 4.45. The number of carbonyl (C=O) groups excluding carboxylic acids is 2. The van der Waals surface area contributed by atoms with Crippen LogP contribution in [-0.4, -0.2) is 31.1 Å². The highest BCUT2D eigenvalue weighted by molar-refractivity contribution is 6.34. The molecule has 0 aliphatic heterocycles. The first-order valence-corrected chi connectivity index (χ1v) is 10.9. The van der Waals surface area contributed by atoms with E-state index >= 15 is 0 Å². The fourth-order valence-electron chi connectivity index (χ4n) is 3.11. The molecular weight excluding hydrogens is 440 g/mol. The van der Waals surface area contributed by atoms with Gasteiger partial charge in [-0.05, 0) is 61.9 Å². The maximum Gasteiger partial charge on any atom is 0.287 e. The third kappa shape index (κ3) is 6.57. The molecule has 0 saturated carbocycles. The molecule has 2 N–H and O–H groups in total. The number of carbonyl (C=O) groups is 2. The van der Waals surface area contributed by atoms with Crippen LogP contribution in [0.4, 0.5) is 5.69 Å². The number of furan rings is 1. The second-order valence-electron chi connectivity index (χ2n) is 6.97. The number of nitrogens with zero attached hydrogens (tertiary/aromatic N) is 2. The fraction of sp³-hybridized carbons (Fsp3) is 0.160. The summed E-state index contributed by atoms with van der Waals surface area (Å²) in [6, 6.07) is 17.7. The second-order valence-corrected chi connectivity index (χ2v) is 7.38. The van der Waals surface area contributed by atoms with Crippen LogP contribution in [0.25, 0.3) is 6.08 Å².